The van der Waals surface area contributed by atoms with Crippen molar-refractivity contribution >= 4 is 38.5 Å². The molecule has 1 N–H and O–H groups in total. The lowest BCUT2D eigenvalue weighted by Gasteiger charge is -2.47. The monoisotopic (exact) mass is 549 g/mol. The summed E-state index contributed by atoms with van der Waals surface area (Å²) in [6.07, 6.45) is 2.22. The van der Waals surface area contributed by atoms with E-state index in [1.54, 1.807) is 6.92 Å². The molecule has 0 saturated carbocycles. The minimum atomic E-state index is -0.342. The van der Waals surface area contributed by atoms with Gasteiger partial charge in [-0.15, -0.1) is 0 Å². The molecule has 6 nitrogen and oxygen atoms in total. The average molecular weight is 550 g/mol. The van der Waals surface area contributed by atoms with Crippen LogP contribution in [0.4, 0.5) is 0 Å². The van der Waals surface area contributed by atoms with Crippen molar-refractivity contribution in [2.75, 3.05) is 32.8 Å². The smallest absolute Gasteiger partial charge is 0.219 e. The fourth-order valence-electron chi connectivity index (χ4n) is 6.11. The van der Waals surface area contributed by atoms with Gasteiger partial charge in [-0.3, -0.25) is 14.5 Å². The van der Waals surface area contributed by atoms with Gasteiger partial charge in [0.05, 0.1) is 12.2 Å². The zero-order valence-corrected chi connectivity index (χ0v) is 22.7. The summed E-state index contributed by atoms with van der Waals surface area (Å²) in [5, 5.41) is 0.972. The van der Waals surface area contributed by atoms with Crippen LogP contribution < -0.4 is 4.74 Å². The van der Waals surface area contributed by atoms with E-state index in [1.807, 2.05) is 35.2 Å². The Balaban J connectivity index is 1.14. The summed E-state index contributed by atoms with van der Waals surface area (Å²) in [5.41, 5.74) is 4.16. The Labute approximate surface area is 220 Å². The molecule has 3 heterocycles. The van der Waals surface area contributed by atoms with Crippen LogP contribution in [0.15, 0.2) is 40.9 Å². The molecule has 188 valence electrons. The molecule has 2 aromatic carbocycles. The second-order valence-electron chi connectivity index (χ2n) is 11.1. The fraction of sp³-hybridized carbons (Fsp3) is 0.448. The number of carbonyl (C=O) groups excluding carboxylic acids is 2. The molecular formula is C29H32BrN3O3. The van der Waals surface area contributed by atoms with Gasteiger partial charge in [-0.25, -0.2) is 0 Å². The largest absolute Gasteiger partial charge is 0.493 e. The zero-order valence-electron chi connectivity index (χ0n) is 21.1. The quantitative estimate of drug-likeness (QED) is 0.490. The number of piperidine rings is 1. The number of fused-ring (bicyclic) bond motifs is 4. The van der Waals surface area contributed by atoms with Gasteiger partial charge < -0.3 is 14.6 Å². The molecule has 0 radical (unpaired) electrons. The van der Waals surface area contributed by atoms with Gasteiger partial charge >= 0.3 is 0 Å². The fourth-order valence-corrected chi connectivity index (χ4v) is 6.48. The van der Waals surface area contributed by atoms with Crippen LogP contribution in [0.25, 0.3) is 10.9 Å². The number of hydrogen-bond donors (Lipinski definition) is 1. The number of nitrogens with zero attached hydrogens (tertiary/aromatic N) is 2. The highest BCUT2D eigenvalue weighted by Gasteiger charge is 2.40. The van der Waals surface area contributed by atoms with Crippen LogP contribution in [0.1, 0.15) is 60.8 Å². The molecule has 0 bridgehead atoms. The second-order valence-corrected chi connectivity index (χ2v) is 12.0. The number of hydrogen-bond acceptors (Lipinski definition) is 4. The minimum absolute atomic E-state index is 0.0751. The van der Waals surface area contributed by atoms with Gasteiger partial charge in [-0.05, 0) is 67.7 Å². The van der Waals surface area contributed by atoms with Crippen molar-refractivity contribution in [1.29, 1.82) is 0 Å². The topological polar surface area (TPSA) is 65.6 Å². The Morgan fingerprint density at radius 3 is 2.61 bits per heavy atom. The van der Waals surface area contributed by atoms with E-state index in [2.05, 4.69) is 45.7 Å². The maximum absolute atomic E-state index is 13.5. The van der Waals surface area contributed by atoms with E-state index < -0.39 is 0 Å². The van der Waals surface area contributed by atoms with Crippen molar-refractivity contribution in [3.63, 3.8) is 0 Å². The number of aromatic amines is 1. The van der Waals surface area contributed by atoms with E-state index in [1.165, 1.54) is 0 Å². The van der Waals surface area contributed by atoms with E-state index >= 15 is 0 Å². The number of rotatable bonds is 4. The van der Waals surface area contributed by atoms with Crippen molar-refractivity contribution in [1.82, 2.24) is 14.8 Å². The first kappa shape index (κ1) is 23.7. The molecule has 2 saturated heterocycles. The Morgan fingerprint density at radius 1 is 1.14 bits per heavy atom. The van der Waals surface area contributed by atoms with Crippen LogP contribution in [-0.4, -0.2) is 65.3 Å². The predicted octanol–water partition coefficient (Wildman–Crippen LogP) is 5.12. The number of aromatic nitrogens is 1. The standard InChI is InChI=1S/C29H32BrN3O3/c1-17(34)33-14-20(15-33)32-10-8-18(9-11-32)16-36-21-5-7-22-24(13-21)29(2,3)28-26(27(22)35)23-6-4-19(30)12-25(23)31-28/h4-7,12-13,18,20,31H,8-11,14-16H2,1-3H3. The van der Waals surface area contributed by atoms with Gasteiger partial charge in [0.25, 0.3) is 0 Å². The molecule has 6 rings (SSSR count). The minimum Gasteiger partial charge on any atom is -0.493 e. The Morgan fingerprint density at radius 2 is 1.89 bits per heavy atom. The van der Waals surface area contributed by atoms with E-state index in [4.69, 9.17) is 4.74 Å². The molecule has 36 heavy (non-hydrogen) atoms. The van der Waals surface area contributed by atoms with E-state index in [0.29, 0.717) is 18.6 Å². The van der Waals surface area contributed by atoms with Crippen molar-refractivity contribution in [3.05, 3.63) is 63.3 Å². The third kappa shape index (κ3) is 3.88. The summed E-state index contributed by atoms with van der Waals surface area (Å²) in [4.78, 5) is 33.0. The van der Waals surface area contributed by atoms with E-state index in [-0.39, 0.29) is 17.1 Å². The number of amides is 1. The van der Waals surface area contributed by atoms with Gasteiger partial charge in [0.1, 0.15) is 5.75 Å². The number of H-pyrrole nitrogens is 1. The lowest BCUT2D eigenvalue weighted by Crippen LogP contribution is -2.61. The lowest BCUT2D eigenvalue weighted by molar-refractivity contribution is -0.136. The van der Waals surface area contributed by atoms with Crippen LogP contribution in [0.3, 0.4) is 0 Å². The molecule has 0 spiro atoms. The van der Waals surface area contributed by atoms with E-state index in [0.717, 1.165) is 82.5 Å². The molecule has 3 aromatic rings. The zero-order chi connectivity index (χ0) is 25.2. The Bertz CT molecular complexity index is 1360. The summed E-state index contributed by atoms with van der Waals surface area (Å²) in [6, 6.07) is 12.5. The van der Waals surface area contributed by atoms with Crippen molar-refractivity contribution in [3.8, 4) is 5.75 Å². The van der Waals surface area contributed by atoms with Gasteiger partial charge in [0.2, 0.25) is 5.91 Å². The third-order valence-corrected chi connectivity index (χ3v) is 8.97. The molecule has 1 aromatic heterocycles. The summed E-state index contributed by atoms with van der Waals surface area (Å²) in [7, 11) is 0. The SMILES string of the molecule is CC(=O)N1CC(N2CCC(COc3ccc4c(c3)C(C)(C)c3[nH]c5cc(Br)ccc5c3C4=O)CC2)C1. The Kier molecular flexibility index (Phi) is 5.76. The maximum atomic E-state index is 13.5. The van der Waals surface area contributed by atoms with Crippen molar-refractivity contribution in [2.24, 2.45) is 5.92 Å². The molecule has 3 aliphatic rings. The number of ether oxygens (including phenoxy) is 1. The number of carbonyl (C=O) groups is 2. The number of ketones is 1. The van der Waals surface area contributed by atoms with Crippen LogP contribution in [0, 0.1) is 5.92 Å². The molecule has 0 atom stereocenters. The van der Waals surface area contributed by atoms with Gasteiger partial charge in [0, 0.05) is 58.1 Å². The maximum Gasteiger partial charge on any atom is 0.219 e. The first-order valence-corrected chi connectivity index (χ1v) is 13.6. The molecule has 2 fully saturated rings. The summed E-state index contributed by atoms with van der Waals surface area (Å²) in [5.74, 6) is 1.61. The highest BCUT2D eigenvalue weighted by molar-refractivity contribution is 9.10. The molecule has 1 aliphatic carbocycles. The second kappa shape index (κ2) is 8.73. The normalized spacial score (nSPS) is 20.2. The van der Waals surface area contributed by atoms with Gasteiger partial charge in [0.15, 0.2) is 5.78 Å². The first-order chi connectivity index (χ1) is 17.2. The van der Waals surface area contributed by atoms with Crippen molar-refractivity contribution in [2.45, 2.75) is 45.1 Å². The molecular weight excluding hydrogens is 518 g/mol. The summed E-state index contributed by atoms with van der Waals surface area (Å²) >= 11 is 3.54. The first-order valence-electron chi connectivity index (χ1n) is 12.9. The number of likely N-dealkylation sites (tertiary alicyclic amines) is 2. The Hall–Kier alpha value is -2.64. The molecule has 2 aliphatic heterocycles. The van der Waals surface area contributed by atoms with Gasteiger partial charge in [-0.2, -0.15) is 0 Å². The predicted molar refractivity (Wildman–Crippen MR) is 144 cm³/mol. The van der Waals surface area contributed by atoms with E-state index in [9.17, 15) is 9.59 Å². The third-order valence-electron chi connectivity index (χ3n) is 8.48. The van der Waals surface area contributed by atoms with Crippen LogP contribution in [0.5, 0.6) is 5.75 Å². The molecule has 7 heteroatoms. The van der Waals surface area contributed by atoms with Crippen LogP contribution >= 0.6 is 15.9 Å². The highest BCUT2D eigenvalue weighted by atomic mass is 79.9. The molecule has 0 unspecified atom stereocenters. The highest BCUT2D eigenvalue weighted by Crippen LogP contribution is 2.45. The van der Waals surface area contributed by atoms with Crippen molar-refractivity contribution < 1.29 is 14.3 Å². The molecule has 1 amide bonds. The number of halogens is 1. The average Bonchev–Trinajstić information content (AvgIpc) is 3.21. The number of benzene rings is 2. The summed E-state index contributed by atoms with van der Waals surface area (Å²) in [6.45, 7) is 10.6. The van der Waals surface area contributed by atoms with Crippen LogP contribution in [-0.2, 0) is 10.2 Å². The number of nitrogens with one attached hydrogen (secondary N) is 1. The van der Waals surface area contributed by atoms with Gasteiger partial charge in [-0.1, -0.05) is 35.8 Å². The summed E-state index contributed by atoms with van der Waals surface area (Å²) < 4.78 is 7.28. The van der Waals surface area contributed by atoms with Crippen LogP contribution in [0.2, 0.25) is 0 Å². The lowest BCUT2D eigenvalue weighted by atomic mass is 9.71.